The van der Waals surface area contributed by atoms with Crippen LogP contribution in [0, 0.1) is 5.82 Å². The molecule has 0 unspecified atom stereocenters. The zero-order chi connectivity index (χ0) is 21.7. The normalized spacial score (nSPS) is 15.4. The number of benzene rings is 2. The van der Waals surface area contributed by atoms with Crippen LogP contribution in [0.3, 0.4) is 0 Å². The lowest BCUT2D eigenvalue weighted by Crippen LogP contribution is -2.37. The van der Waals surface area contributed by atoms with Crippen LogP contribution in [0.2, 0.25) is 0 Å². The van der Waals surface area contributed by atoms with Gasteiger partial charge in [0.2, 0.25) is 10.0 Å². The third-order valence-corrected chi connectivity index (χ3v) is 6.59. The first-order valence-electron chi connectivity index (χ1n) is 9.33. The molecule has 1 aliphatic rings. The van der Waals surface area contributed by atoms with Gasteiger partial charge in [-0.1, -0.05) is 0 Å². The fourth-order valence-corrected chi connectivity index (χ4v) is 4.59. The number of hydrogen-bond acceptors (Lipinski definition) is 5. The minimum absolute atomic E-state index is 0.0234. The Kier molecular flexibility index (Phi) is 6.68. The van der Waals surface area contributed by atoms with Crippen molar-refractivity contribution in [3.63, 3.8) is 0 Å². The van der Waals surface area contributed by atoms with Gasteiger partial charge in [-0.15, -0.1) is 0 Å². The lowest BCUT2D eigenvalue weighted by Gasteiger charge is -2.22. The second kappa shape index (κ2) is 9.23. The largest absolute Gasteiger partial charge is 0.484 e. The number of nitrogens with two attached hydrogens (primary N) is 1. The predicted molar refractivity (Wildman–Crippen MR) is 107 cm³/mol. The minimum Gasteiger partial charge on any atom is -0.484 e. The molecule has 10 heteroatoms. The van der Waals surface area contributed by atoms with E-state index in [9.17, 15) is 22.4 Å². The van der Waals surface area contributed by atoms with Gasteiger partial charge in [-0.05, 0) is 55.0 Å². The molecule has 0 aromatic heterocycles. The molecule has 0 atom stereocenters. The van der Waals surface area contributed by atoms with Gasteiger partial charge in [0.15, 0.2) is 6.61 Å². The lowest BCUT2D eigenvalue weighted by molar-refractivity contribution is -0.119. The van der Waals surface area contributed by atoms with Gasteiger partial charge in [-0.25, -0.2) is 12.8 Å². The maximum atomic E-state index is 13.1. The van der Waals surface area contributed by atoms with Crippen LogP contribution in [-0.4, -0.2) is 62.2 Å². The third kappa shape index (κ3) is 5.14. The second-order valence-corrected chi connectivity index (χ2v) is 8.72. The Morgan fingerprint density at radius 1 is 0.967 bits per heavy atom. The SMILES string of the molecule is NC(=O)COc1ccc(C(=O)N2CCCN(S(=O)(=O)c3ccc(F)cc3)CC2)cc1. The number of nitrogens with zero attached hydrogens (tertiary/aromatic N) is 2. The van der Waals surface area contributed by atoms with Gasteiger partial charge in [-0.3, -0.25) is 9.59 Å². The molecule has 2 aromatic rings. The fraction of sp³-hybridized carbons (Fsp3) is 0.300. The highest BCUT2D eigenvalue weighted by molar-refractivity contribution is 7.89. The highest BCUT2D eigenvalue weighted by atomic mass is 32.2. The number of halogens is 1. The molecule has 0 saturated carbocycles. The maximum Gasteiger partial charge on any atom is 0.255 e. The standard InChI is InChI=1S/C20H22FN3O5S/c21-16-4-8-18(9-5-16)30(27,28)24-11-1-10-23(12-13-24)20(26)15-2-6-17(7-3-15)29-14-19(22)25/h2-9H,1,10-14H2,(H2,22,25). The van der Waals surface area contributed by atoms with Crippen LogP contribution in [0.1, 0.15) is 16.8 Å². The van der Waals surface area contributed by atoms with E-state index in [1.807, 2.05) is 0 Å². The molecule has 1 fully saturated rings. The Morgan fingerprint density at radius 3 is 2.27 bits per heavy atom. The van der Waals surface area contributed by atoms with Crippen LogP contribution >= 0.6 is 0 Å². The second-order valence-electron chi connectivity index (χ2n) is 6.78. The molecular weight excluding hydrogens is 413 g/mol. The van der Waals surface area contributed by atoms with Gasteiger partial charge in [0.05, 0.1) is 4.90 Å². The van der Waals surface area contributed by atoms with Crippen LogP contribution in [0.15, 0.2) is 53.4 Å². The topological polar surface area (TPSA) is 110 Å². The number of primary amides is 1. The van der Waals surface area contributed by atoms with Crippen molar-refractivity contribution in [2.75, 3.05) is 32.8 Å². The van der Waals surface area contributed by atoms with Crippen molar-refractivity contribution in [2.45, 2.75) is 11.3 Å². The Bertz CT molecular complexity index is 1010. The van der Waals surface area contributed by atoms with E-state index in [2.05, 4.69) is 0 Å². The third-order valence-electron chi connectivity index (χ3n) is 4.68. The number of carbonyl (C=O) groups excluding carboxylic acids is 2. The quantitative estimate of drug-likeness (QED) is 0.734. The first kappa shape index (κ1) is 21.7. The van der Waals surface area contributed by atoms with Crippen molar-refractivity contribution in [1.82, 2.24) is 9.21 Å². The van der Waals surface area contributed by atoms with E-state index in [0.717, 1.165) is 12.1 Å². The molecule has 1 heterocycles. The fourth-order valence-electron chi connectivity index (χ4n) is 3.12. The van der Waals surface area contributed by atoms with Crippen LogP contribution in [-0.2, 0) is 14.8 Å². The number of sulfonamides is 1. The molecule has 2 amide bonds. The van der Waals surface area contributed by atoms with Crippen molar-refractivity contribution < 1.29 is 27.1 Å². The number of amides is 2. The number of rotatable bonds is 6. The van der Waals surface area contributed by atoms with Gasteiger partial charge in [-0.2, -0.15) is 4.31 Å². The minimum atomic E-state index is -3.76. The highest BCUT2D eigenvalue weighted by Gasteiger charge is 2.28. The van der Waals surface area contributed by atoms with E-state index in [0.29, 0.717) is 24.3 Å². The van der Waals surface area contributed by atoms with E-state index < -0.39 is 21.7 Å². The average Bonchev–Trinajstić information content (AvgIpc) is 2.99. The monoisotopic (exact) mass is 435 g/mol. The molecule has 160 valence electrons. The summed E-state index contributed by atoms with van der Waals surface area (Å²) in [4.78, 5) is 25.2. The molecule has 3 rings (SSSR count). The van der Waals surface area contributed by atoms with Crippen LogP contribution in [0.5, 0.6) is 5.75 Å². The molecule has 0 bridgehead atoms. The van der Waals surface area contributed by atoms with Gasteiger partial charge in [0, 0.05) is 31.7 Å². The maximum absolute atomic E-state index is 13.1. The Labute approximate surface area is 174 Å². The molecule has 0 radical (unpaired) electrons. The molecule has 0 spiro atoms. The summed E-state index contributed by atoms with van der Waals surface area (Å²) in [5.74, 6) is -0.914. The van der Waals surface area contributed by atoms with E-state index in [1.165, 1.54) is 16.4 Å². The van der Waals surface area contributed by atoms with E-state index in [1.54, 1.807) is 29.2 Å². The van der Waals surface area contributed by atoms with E-state index in [4.69, 9.17) is 10.5 Å². The predicted octanol–water partition coefficient (Wildman–Crippen LogP) is 1.23. The van der Waals surface area contributed by atoms with Gasteiger partial charge < -0.3 is 15.4 Å². The van der Waals surface area contributed by atoms with Crippen molar-refractivity contribution in [1.29, 1.82) is 0 Å². The lowest BCUT2D eigenvalue weighted by atomic mass is 10.2. The van der Waals surface area contributed by atoms with E-state index >= 15 is 0 Å². The summed E-state index contributed by atoms with van der Waals surface area (Å²) < 4.78 is 45.2. The van der Waals surface area contributed by atoms with Gasteiger partial charge in [0.25, 0.3) is 11.8 Å². The Hall–Kier alpha value is -2.98. The average molecular weight is 435 g/mol. The molecule has 1 saturated heterocycles. The van der Waals surface area contributed by atoms with Crippen molar-refractivity contribution in [3.8, 4) is 5.75 Å². The van der Waals surface area contributed by atoms with Crippen LogP contribution in [0.25, 0.3) is 0 Å². The highest BCUT2D eigenvalue weighted by Crippen LogP contribution is 2.20. The number of ether oxygens (including phenoxy) is 1. The Morgan fingerprint density at radius 2 is 1.63 bits per heavy atom. The molecule has 2 aromatic carbocycles. The number of carbonyl (C=O) groups is 2. The molecule has 8 nitrogen and oxygen atoms in total. The van der Waals surface area contributed by atoms with Crippen molar-refractivity contribution in [3.05, 3.63) is 59.9 Å². The van der Waals surface area contributed by atoms with Crippen molar-refractivity contribution in [2.24, 2.45) is 5.73 Å². The number of hydrogen-bond donors (Lipinski definition) is 1. The van der Waals surface area contributed by atoms with Crippen LogP contribution < -0.4 is 10.5 Å². The summed E-state index contributed by atoms with van der Waals surface area (Å²) in [6.07, 6.45) is 0.478. The summed E-state index contributed by atoms with van der Waals surface area (Å²) >= 11 is 0. The summed E-state index contributed by atoms with van der Waals surface area (Å²) in [5.41, 5.74) is 5.46. The molecular formula is C20H22FN3O5S. The smallest absolute Gasteiger partial charge is 0.255 e. The molecule has 1 aliphatic heterocycles. The summed E-state index contributed by atoms with van der Waals surface area (Å²) in [6.45, 7) is 0.805. The summed E-state index contributed by atoms with van der Waals surface area (Å²) in [6, 6.07) is 11.0. The molecule has 0 aliphatic carbocycles. The van der Waals surface area contributed by atoms with Gasteiger partial charge in [0.1, 0.15) is 11.6 Å². The first-order chi connectivity index (χ1) is 14.3. The molecule has 30 heavy (non-hydrogen) atoms. The first-order valence-corrected chi connectivity index (χ1v) is 10.8. The van der Waals surface area contributed by atoms with Gasteiger partial charge >= 0.3 is 0 Å². The zero-order valence-corrected chi connectivity index (χ0v) is 17.0. The summed E-state index contributed by atoms with van der Waals surface area (Å²) in [5, 5.41) is 0. The zero-order valence-electron chi connectivity index (χ0n) is 16.2. The molecule has 2 N–H and O–H groups in total. The van der Waals surface area contributed by atoms with E-state index in [-0.39, 0.29) is 37.0 Å². The van der Waals surface area contributed by atoms with Crippen molar-refractivity contribution >= 4 is 21.8 Å². The summed E-state index contributed by atoms with van der Waals surface area (Å²) in [7, 11) is -3.76. The van der Waals surface area contributed by atoms with Crippen LogP contribution in [0.4, 0.5) is 4.39 Å². The Balaban J connectivity index is 1.65.